The minimum atomic E-state index is 0.208. The summed E-state index contributed by atoms with van der Waals surface area (Å²) < 4.78 is 5.57. The van der Waals surface area contributed by atoms with E-state index >= 15 is 0 Å². The third-order valence-corrected chi connectivity index (χ3v) is 7.52. The van der Waals surface area contributed by atoms with Crippen LogP contribution in [0.2, 0.25) is 0 Å². The predicted molar refractivity (Wildman–Crippen MR) is 118 cm³/mol. The number of rotatable bonds is 8. The van der Waals surface area contributed by atoms with Gasteiger partial charge in [-0.15, -0.1) is 11.3 Å². The topological polar surface area (TPSA) is 48.9 Å². The van der Waals surface area contributed by atoms with E-state index in [0.29, 0.717) is 5.92 Å². The van der Waals surface area contributed by atoms with E-state index in [1.54, 1.807) is 0 Å². The van der Waals surface area contributed by atoms with Crippen molar-refractivity contribution in [3.05, 3.63) is 22.4 Å². The van der Waals surface area contributed by atoms with Crippen LogP contribution in [0.3, 0.4) is 0 Å². The van der Waals surface area contributed by atoms with Gasteiger partial charge in [-0.25, -0.2) is 0 Å². The molecule has 2 aliphatic rings. The van der Waals surface area contributed by atoms with Crippen molar-refractivity contribution in [2.24, 2.45) is 10.9 Å². The molecule has 2 atom stereocenters. The van der Waals surface area contributed by atoms with Gasteiger partial charge in [0.15, 0.2) is 5.96 Å². The van der Waals surface area contributed by atoms with Gasteiger partial charge in [0.1, 0.15) is 0 Å². The van der Waals surface area contributed by atoms with E-state index in [0.717, 1.165) is 58.3 Å². The number of thioether (sulfide) groups is 1. The first-order chi connectivity index (χ1) is 13.2. The Morgan fingerprint density at radius 3 is 2.89 bits per heavy atom. The maximum absolute atomic E-state index is 5.57. The molecular weight excluding hydrogens is 376 g/mol. The fourth-order valence-electron chi connectivity index (χ4n) is 3.79. The molecule has 1 aromatic heterocycles. The van der Waals surface area contributed by atoms with Gasteiger partial charge in [0.05, 0.1) is 25.3 Å². The molecule has 0 aromatic carbocycles. The summed E-state index contributed by atoms with van der Waals surface area (Å²) in [5, 5.41) is 9.16. The molecule has 2 fully saturated rings. The van der Waals surface area contributed by atoms with E-state index in [4.69, 9.17) is 9.73 Å². The summed E-state index contributed by atoms with van der Waals surface area (Å²) >= 11 is 3.92. The molecule has 0 aliphatic carbocycles. The molecule has 0 spiro atoms. The van der Waals surface area contributed by atoms with Crippen LogP contribution in [-0.4, -0.2) is 73.8 Å². The van der Waals surface area contributed by atoms with Crippen LogP contribution in [0.1, 0.15) is 25.1 Å². The Morgan fingerprint density at radius 2 is 2.22 bits per heavy atom. The van der Waals surface area contributed by atoms with Crippen molar-refractivity contribution in [2.45, 2.75) is 32.2 Å². The number of aliphatic imine (C=N–C) groups is 1. The zero-order valence-electron chi connectivity index (χ0n) is 16.7. The summed E-state index contributed by atoms with van der Waals surface area (Å²) in [5.41, 5.74) is 0.208. The van der Waals surface area contributed by atoms with Crippen LogP contribution in [0.5, 0.6) is 0 Å². The zero-order chi connectivity index (χ0) is 19.0. The van der Waals surface area contributed by atoms with Gasteiger partial charge in [-0.2, -0.15) is 11.8 Å². The van der Waals surface area contributed by atoms with Gasteiger partial charge in [0.25, 0.3) is 0 Å². The van der Waals surface area contributed by atoms with E-state index in [-0.39, 0.29) is 5.54 Å². The summed E-state index contributed by atoms with van der Waals surface area (Å²) in [6.07, 6.45) is 2.35. The minimum Gasteiger partial charge on any atom is -0.379 e. The van der Waals surface area contributed by atoms with Crippen molar-refractivity contribution < 1.29 is 4.74 Å². The van der Waals surface area contributed by atoms with Crippen molar-refractivity contribution in [1.29, 1.82) is 0 Å². The first-order valence-corrected chi connectivity index (χ1v) is 12.2. The molecule has 0 radical (unpaired) electrons. The number of thiophene rings is 1. The maximum atomic E-state index is 5.57. The van der Waals surface area contributed by atoms with Crippen molar-refractivity contribution in [3.63, 3.8) is 0 Å². The lowest BCUT2D eigenvalue weighted by atomic mass is 9.96. The van der Waals surface area contributed by atoms with Crippen LogP contribution in [-0.2, 0) is 11.2 Å². The predicted octanol–water partition coefficient (Wildman–Crippen LogP) is 2.69. The zero-order valence-corrected chi connectivity index (χ0v) is 18.3. The third-order valence-electron chi connectivity index (χ3n) is 5.39. The molecule has 1 aromatic rings. The van der Waals surface area contributed by atoms with Gasteiger partial charge in [-0.1, -0.05) is 13.0 Å². The molecule has 2 unspecified atom stereocenters. The Bertz CT molecular complexity index is 567. The average molecular weight is 411 g/mol. The van der Waals surface area contributed by atoms with Gasteiger partial charge in [0, 0.05) is 36.8 Å². The summed E-state index contributed by atoms with van der Waals surface area (Å²) in [4.78, 5) is 9.10. The number of ether oxygens (including phenoxy) is 1. The second kappa shape index (κ2) is 10.7. The lowest BCUT2D eigenvalue weighted by Gasteiger charge is -2.42. The highest BCUT2D eigenvalue weighted by Crippen LogP contribution is 2.34. The van der Waals surface area contributed by atoms with Crippen LogP contribution >= 0.6 is 23.1 Å². The second-order valence-electron chi connectivity index (χ2n) is 7.59. The SMILES string of the molecule is CCNC(=NCC1(N2CCOCC2)CCSC1)NCC(C)Cc1cccs1. The normalized spacial score (nSPS) is 25.5. The van der Waals surface area contributed by atoms with E-state index in [1.165, 1.54) is 22.8 Å². The molecule has 3 rings (SSSR count). The summed E-state index contributed by atoms with van der Waals surface area (Å²) in [6.45, 7) is 10.9. The lowest BCUT2D eigenvalue weighted by molar-refractivity contribution is -0.0104. The van der Waals surface area contributed by atoms with Crippen LogP contribution in [0.25, 0.3) is 0 Å². The number of nitrogens with zero attached hydrogens (tertiary/aromatic N) is 2. The number of guanidine groups is 1. The quantitative estimate of drug-likeness (QED) is 0.510. The second-order valence-corrected chi connectivity index (χ2v) is 9.73. The molecule has 2 aliphatic heterocycles. The molecule has 27 heavy (non-hydrogen) atoms. The first-order valence-electron chi connectivity index (χ1n) is 10.2. The first kappa shape index (κ1) is 21.0. The monoisotopic (exact) mass is 410 g/mol. The lowest BCUT2D eigenvalue weighted by Crippen LogP contribution is -2.56. The number of morpholine rings is 1. The molecule has 2 N–H and O–H groups in total. The Hall–Kier alpha value is -0.760. The number of hydrogen-bond acceptors (Lipinski definition) is 5. The Morgan fingerprint density at radius 1 is 1.37 bits per heavy atom. The van der Waals surface area contributed by atoms with Gasteiger partial charge >= 0.3 is 0 Å². The van der Waals surface area contributed by atoms with Crippen LogP contribution in [0.15, 0.2) is 22.5 Å². The molecule has 5 nitrogen and oxygen atoms in total. The van der Waals surface area contributed by atoms with Gasteiger partial charge < -0.3 is 15.4 Å². The average Bonchev–Trinajstić information content (AvgIpc) is 3.37. The van der Waals surface area contributed by atoms with E-state index in [9.17, 15) is 0 Å². The van der Waals surface area contributed by atoms with Crippen LogP contribution < -0.4 is 10.6 Å². The molecule has 2 saturated heterocycles. The molecule has 152 valence electrons. The van der Waals surface area contributed by atoms with E-state index < -0.39 is 0 Å². The molecule has 0 saturated carbocycles. The molecule has 0 amide bonds. The van der Waals surface area contributed by atoms with Gasteiger partial charge in [0.2, 0.25) is 0 Å². The minimum absolute atomic E-state index is 0.208. The summed E-state index contributed by atoms with van der Waals surface area (Å²) in [6, 6.07) is 4.36. The van der Waals surface area contributed by atoms with Crippen molar-refractivity contribution in [1.82, 2.24) is 15.5 Å². The summed E-state index contributed by atoms with van der Waals surface area (Å²) in [7, 11) is 0. The summed E-state index contributed by atoms with van der Waals surface area (Å²) in [5.74, 6) is 3.97. The largest absolute Gasteiger partial charge is 0.379 e. The highest BCUT2D eigenvalue weighted by Gasteiger charge is 2.40. The smallest absolute Gasteiger partial charge is 0.191 e. The van der Waals surface area contributed by atoms with Crippen LogP contribution in [0, 0.1) is 5.92 Å². The van der Waals surface area contributed by atoms with Crippen LogP contribution in [0.4, 0.5) is 0 Å². The fraction of sp³-hybridized carbons (Fsp3) is 0.750. The van der Waals surface area contributed by atoms with Crippen molar-refractivity contribution in [3.8, 4) is 0 Å². The van der Waals surface area contributed by atoms with Crippen molar-refractivity contribution in [2.75, 3.05) is 57.4 Å². The molecular formula is C20H34N4OS2. The Kier molecular flexibility index (Phi) is 8.30. The number of hydrogen-bond donors (Lipinski definition) is 2. The van der Waals surface area contributed by atoms with Crippen molar-refractivity contribution >= 4 is 29.1 Å². The number of nitrogens with one attached hydrogen (secondary N) is 2. The standard InChI is InChI=1S/C20H34N4OS2/c1-3-21-19(22-14-17(2)13-18-5-4-11-27-18)23-15-20(6-12-26-16-20)24-7-9-25-10-8-24/h4-5,11,17H,3,6-10,12-16H2,1-2H3,(H2,21,22,23). The Labute approximate surface area is 172 Å². The molecule has 3 heterocycles. The van der Waals surface area contributed by atoms with E-state index in [1.807, 2.05) is 11.3 Å². The molecule has 0 bridgehead atoms. The fourth-order valence-corrected chi connectivity index (χ4v) is 6.13. The van der Waals surface area contributed by atoms with E-state index in [2.05, 4.69) is 58.7 Å². The van der Waals surface area contributed by atoms with Gasteiger partial charge in [-0.05, 0) is 42.9 Å². The highest BCUT2D eigenvalue weighted by molar-refractivity contribution is 7.99. The third kappa shape index (κ3) is 6.11. The van der Waals surface area contributed by atoms with Gasteiger partial charge in [-0.3, -0.25) is 9.89 Å². The molecule has 7 heteroatoms. The highest BCUT2D eigenvalue weighted by atomic mass is 32.2. The maximum Gasteiger partial charge on any atom is 0.191 e. The Balaban J connectivity index is 1.56.